The Kier molecular flexibility index (Phi) is 16.5. The molecule has 16 heteroatoms. The molecule has 59 heavy (non-hydrogen) atoms. The van der Waals surface area contributed by atoms with Crippen molar-refractivity contribution in [1.29, 1.82) is 0 Å². The summed E-state index contributed by atoms with van der Waals surface area (Å²) in [5, 5.41) is 13.4. The summed E-state index contributed by atoms with van der Waals surface area (Å²) in [6, 6.07) is 11.1. The Bertz CT molecular complexity index is 1820. The van der Waals surface area contributed by atoms with Gasteiger partial charge in [-0.2, -0.15) is 0 Å². The van der Waals surface area contributed by atoms with Gasteiger partial charge in [0.05, 0.1) is 6.54 Å². The number of aryl methyl sites for hydroxylation is 1. The van der Waals surface area contributed by atoms with Crippen molar-refractivity contribution in [3.05, 3.63) is 71.8 Å². The molecule has 2 heterocycles. The van der Waals surface area contributed by atoms with Crippen LogP contribution in [0.3, 0.4) is 0 Å². The zero-order chi connectivity index (χ0) is 43.4. The van der Waals surface area contributed by atoms with Crippen LogP contribution >= 0.6 is 0 Å². The fraction of sp³-hybridized carbons (Fsp3) is 0.535. The zero-order valence-electron chi connectivity index (χ0n) is 35.0. The van der Waals surface area contributed by atoms with Gasteiger partial charge in [0.2, 0.25) is 41.4 Å². The standard InChI is InChI=1S/C43H59N7O9/c1-25(2)35-40(55)45-31-19-14-22-50(42(31)57)24-34(52)49(7)32(23-30-17-12-9-13-18-30)39(54)47-36(26(3)4)43(58)59-28(6)37(41(56)46-35)48-38(53)27(5)44-33(51)21-20-29-15-10-8-11-16-29/h8-13,15-18,25-28,31-32,35-37H,14,19-24H2,1-7H3,(H,44,51)(H,45,55)(H,46,56)(H,47,54)(H,48,53)/t27-,28+,31-,32-,35?,36?,37-/m0/s1. The van der Waals surface area contributed by atoms with E-state index in [1.807, 2.05) is 36.4 Å². The molecule has 2 aliphatic rings. The van der Waals surface area contributed by atoms with Crippen molar-refractivity contribution in [2.45, 2.75) is 116 Å². The maximum absolute atomic E-state index is 14.1. The number of nitrogens with zero attached hydrogens (tertiary/aromatic N) is 2. The van der Waals surface area contributed by atoms with Gasteiger partial charge in [0.1, 0.15) is 42.4 Å². The van der Waals surface area contributed by atoms with E-state index in [9.17, 15) is 38.4 Å². The number of hydrogen-bond donors (Lipinski definition) is 5. The van der Waals surface area contributed by atoms with Crippen molar-refractivity contribution >= 4 is 47.3 Å². The number of amides is 7. The van der Waals surface area contributed by atoms with E-state index >= 15 is 0 Å². The molecule has 0 saturated carbocycles. The number of ether oxygens (including phenoxy) is 1. The first kappa shape index (κ1) is 45.9. The first-order valence-electron chi connectivity index (χ1n) is 20.3. The lowest BCUT2D eigenvalue weighted by Crippen LogP contribution is -2.62. The molecule has 2 aliphatic heterocycles. The van der Waals surface area contributed by atoms with Crippen molar-refractivity contribution in [2.75, 3.05) is 20.1 Å². The molecule has 7 amide bonds. The van der Waals surface area contributed by atoms with Crippen molar-refractivity contribution in [1.82, 2.24) is 36.4 Å². The molecular weight excluding hydrogens is 759 g/mol. The van der Waals surface area contributed by atoms with E-state index in [0.29, 0.717) is 19.3 Å². The van der Waals surface area contributed by atoms with Gasteiger partial charge in [-0.05, 0) is 56.1 Å². The van der Waals surface area contributed by atoms with Gasteiger partial charge < -0.3 is 41.1 Å². The van der Waals surface area contributed by atoms with E-state index < -0.39 is 102 Å². The highest BCUT2D eigenvalue weighted by molar-refractivity contribution is 5.97. The largest absolute Gasteiger partial charge is 0.458 e. The molecule has 2 bridgehead atoms. The van der Waals surface area contributed by atoms with Gasteiger partial charge in [0.15, 0.2) is 0 Å². The third-order valence-electron chi connectivity index (χ3n) is 10.7. The van der Waals surface area contributed by atoms with Gasteiger partial charge in [-0.3, -0.25) is 33.6 Å². The Morgan fingerprint density at radius 3 is 2.00 bits per heavy atom. The van der Waals surface area contributed by atoms with E-state index in [1.165, 1.54) is 30.7 Å². The Balaban J connectivity index is 1.66. The molecule has 7 atom stereocenters. The van der Waals surface area contributed by atoms with Crippen LogP contribution in [0.1, 0.15) is 71.9 Å². The maximum atomic E-state index is 14.1. The summed E-state index contributed by atoms with van der Waals surface area (Å²) in [5.74, 6) is -6.31. The molecule has 5 N–H and O–H groups in total. The highest BCUT2D eigenvalue weighted by Crippen LogP contribution is 2.17. The van der Waals surface area contributed by atoms with E-state index in [1.54, 1.807) is 52.0 Å². The molecular formula is C43H59N7O9. The minimum Gasteiger partial charge on any atom is -0.458 e. The number of nitrogens with one attached hydrogen (secondary N) is 5. The molecule has 320 valence electrons. The SMILES string of the molecule is CC(C)C1NC(=O)[C@@H](NC(=O)[C@H](C)NC(=O)CCc2ccccc2)[C@@H](C)OC(=O)C(C(C)C)NC(=O)[C@H](Cc2ccccc2)N(C)C(=O)CN2CCC[C@H](NC1=O)C2=O. The monoisotopic (exact) mass is 817 g/mol. The van der Waals surface area contributed by atoms with Crippen LogP contribution in [0.5, 0.6) is 0 Å². The van der Waals surface area contributed by atoms with Crippen LogP contribution in [0.15, 0.2) is 60.7 Å². The van der Waals surface area contributed by atoms with Crippen molar-refractivity contribution in [2.24, 2.45) is 11.8 Å². The molecule has 4 rings (SSSR count). The number of fused-ring (bicyclic) bond motifs is 2. The van der Waals surface area contributed by atoms with E-state index in [0.717, 1.165) is 11.1 Å². The number of hydrogen-bond acceptors (Lipinski definition) is 9. The molecule has 0 aliphatic carbocycles. The fourth-order valence-electron chi connectivity index (χ4n) is 6.99. The summed E-state index contributed by atoms with van der Waals surface area (Å²) < 4.78 is 5.82. The lowest BCUT2D eigenvalue weighted by molar-refractivity contribution is -0.157. The molecule has 2 unspecified atom stereocenters. The highest BCUT2D eigenvalue weighted by atomic mass is 16.5. The van der Waals surface area contributed by atoms with Gasteiger partial charge in [0.25, 0.3) is 0 Å². The lowest BCUT2D eigenvalue weighted by Gasteiger charge is -2.35. The summed E-state index contributed by atoms with van der Waals surface area (Å²) in [5.41, 5.74) is 1.68. The maximum Gasteiger partial charge on any atom is 0.329 e. The molecule has 2 fully saturated rings. The smallest absolute Gasteiger partial charge is 0.329 e. The van der Waals surface area contributed by atoms with Gasteiger partial charge in [-0.25, -0.2) is 4.79 Å². The molecule has 2 saturated heterocycles. The minimum absolute atomic E-state index is 0.0870. The second-order valence-electron chi connectivity index (χ2n) is 16.0. The molecule has 0 aromatic heterocycles. The van der Waals surface area contributed by atoms with Crippen LogP contribution in [0.4, 0.5) is 0 Å². The van der Waals surface area contributed by atoms with Crippen molar-refractivity contribution < 1.29 is 43.1 Å². The van der Waals surface area contributed by atoms with Crippen LogP contribution in [-0.2, 0) is 55.9 Å². The number of benzene rings is 2. The number of esters is 1. The van der Waals surface area contributed by atoms with E-state index in [-0.39, 0.29) is 25.9 Å². The third kappa shape index (κ3) is 12.8. The Morgan fingerprint density at radius 1 is 0.797 bits per heavy atom. The summed E-state index contributed by atoms with van der Waals surface area (Å²) >= 11 is 0. The average molecular weight is 818 g/mol. The predicted octanol–water partition coefficient (Wildman–Crippen LogP) is 1.01. The fourth-order valence-corrected chi connectivity index (χ4v) is 6.99. The van der Waals surface area contributed by atoms with Crippen LogP contribution in [0.25, 0.3) is 0 Å². The highest BCUT2D eigenvalue weighted by Gasteiger charge is 2.40. The molecule has 2 aromatic rings. The molecule has 0 spiro atoms. The summed E-state index contributed by atoms with van der Waals surface area (Å²) in [6.07, 6.45) is 0.0350. The molecule has 0 radical (unpaired) electrons. The van der Waals surface area contributed by atoms with Crippen molar-refractivity contribution in [3.8, 4) is 0 Å². The van der Waals surface area contributed by atoms with Gasteiger partial charge in [-0.1, -0.05) is 88.4 Å². The van der Waals surface area contributed by atoms with Gasteiger partial charge >= 0.3 is 5.97 Å². The van der Waals surface area contributed by atoms with Crippen LogP contribution in [-0.4, -0.2) is 120 Å². The third-order valence-corrected chi connectivity index (χ3v) is 10.7. The normalized spacial score (nSPS) is 24.5. The van der Waals surface area contributed by atoms with Crippen LogP contribution in [0.2, 0.25) is 0 Å². The summed E-state index contributed by atoms with van der Waals surface area (Å²) in [7, 11) is 1.46. The number of carbonyl (C=O) groups is 8. The number of cyclic esters (lactones) is 1. The van der Waals surface area contributed by atoms with Gasteiger partial charge in [0, 0.05) is 26.4 Å². The zero-order valence-corrected chi connectivity index (χ0v) is 35.0. The topological polar surface area (TPSA) is 212 Å². The molecule has 16 nitrogen and oxygen atoms in total. The van der Waals surface area contributed by atoms with Gasteiger partial charge in [-0.15, -0.1) is 0 Å². The second kappa shape index (κ2) is 21.3. The summed E-state index contributed by atoms with van der Waals surface area (Å²) in [4.78, 5) is 112. The predicted molar refractivity (Wildman–Crippen MR) is 218 cm³/mol. The Morgan fingerprint density at radius 2 is 1.39 bits per heavy atom. The van der Waals surface area contributed by atoms with Crippen LogP contribution in [0, 0.1) is 11.8 Å². The average Bonchev–Trinajstić information content (AvgIpc) is 3.20. The van der Waals surface area contributed by atoms with Crippen molar-refractivity contribution in [3.63, 3.8) is 0 Å². The Labute approximate surface area is 345 Å². The summed E-state index contributed by atoms with van der Waals surface area (Å²) in [6.45, 7) is 9.48. The number of carbonyl (C=O) groups excluding carboxylic acids is 8. The molecule has 2 aromatic carbocycles. The quantitative estimate of drug-likeness (QED) is 0.216. The number of piperidine rings is 1. The second-order valence-corrected chi connectivity index (χ2v) is 16.0. The minimum atomic E-state index is -1.57. The van der Waals surface area contributed by atoms with E-state index in [2.05, 4.69) is 26.6 Å². The number of rotatable bonds is 10. The van der Waals surface area contributed by atoms with Crippen LogP contribution < -0.4 is 26.6 Å². The Hall–Kier alpha value is -5.80. The van der Waals surface area contributed by atoms with E-state index in [4.69, 9.17) is 4.74 Å². The lowest BCUT2D eigenvalue weighted by atomic mass is 9.99. The first-order chi connectivity index (χ1) is 28.0. The number of likely N-dealkylation sites (N-methyl/N-ethyl adjacent to an activating group) is 1. The first-order valence-corrected chi connectivity index (χ1v) is 20.3.